The highest BCUT2D eigenvalue weighted by molar-refractivity contribution is 8.15. The van der Waals surface area contributed by atoms with E-state index in [1.165, 1.54) is 31.2 Å². The monoisotopic (exact) mass is 1720 g/mol. The van der Waals surface area contributed by atoms with Crippen molar-refractivity contribution in [3.05, 3.63) is 127 Å². The topological polar surface area (TPSA) is 505 Å². The first-order valence-electron chi connectivity index (χ1n) is 40.6. The number of rotatable bonds is 27. The van der Waals surface area contributed by atoms with E-state index in [0.29, 0.717) is 38.3 Å². The second-order valence-electron chi connectivity index (χ2n) is 31.4. The second kappa shape index (κ2) is 44.8. The number of hydrogen-bond donors (Lipinski definition) is 16. The molecule has 0 unspecified atom stereocenters. The van der Waals surface area contributed by atoms with E-state index in [0.717, 1.165) is 87.6 Å². The van der Waals surface area contributed by atoms with Crippen LogP contribution in [0, 0.1) is 5.92 Å². The molecule has 38 heteroatoms. The van der Waals surface area contributed by atoms with Gasteiger partial charge < -0.3 is 120 Å². The van der Waals surface area contributed by atoms with E-state index in [2.05, 4.69) is 156 Å². The van der Waals surface area contributed by atoms with Gasteiger partial charge in [-0.3, -0.25) is 52.1 Å². The highest BCUT2D eigenvalue weighted by Gasteiger charge is 2.50. The van der Waals surface area contributed by atoms with E-state index >= 15 is 9.59 Å². The van der Waals surface area contributed by atoms with Crippen molar-refractivity contribution in [2.75, 3.05) is 113 Å². The van der Waals surface area contributed by atoms with E-state index < -0.39 is 226 Å². The lowest BCUT2D eigenvalue weighted by atomic mass is 9.98. The molecule has 5 fully saturated rings. The molecule has 0 aliphatic carbocycles. The highest BCUT2D eigenvalue weighted by Crippen LogP contribution is 2.42. The zero-order valence-electron chi connectivity index (χ0n) is 69.7. The van der Waals surface area contributed by atoms with Crippen LogP contribution in [0.5, 0.6) is 11.5 Å². The SMILES string of the molecule is C=CCOC(=O)Oc1ccc(C[C@@H](O)[C@@H]2NC(=O)[C@@H]3C[C@@H](O)CN3C(=O)[C@H]([C@@H](C)O)NC(=O)[C@@H](NC(=O)c3ccc(N4CCN(c5ccc(-c6ccc(N7C[C@@H](C)O[C@@H](C)C7)cc6)cc5)CC4)cc3)C[C@@H](O)CNC(=O)[C@@H]3[C@@H](O)[C@@H](C)CN3C(=O)[C@H]([C@H](O)CCN(C(=O)OCC=C)C(CO)CO)NC2=O)cc1OS(O)(O)O.CCN(C(C)C)C(C)C. The van der Waals surface area contributed by atoms with Crippen molar-refractivity contribution in [3.8, 4) is 22.6 Å². The minimum atomic E-state index is -4.92. The smallest absolute Gasteiger partial charge is 0.445 e. The number of anilines is 3. The fourth-order valence-corrected chi connectivity index (χ4v) is 15.9. The molecule has 121 heavy (non-hydrogen) atoms. The van der Waals surface area contributed by atoms with Crippen LogP contribution < -0.4 is 50.2 Å². The number of β-amino-alcohol motifs (C(OH)–C–C–N with tert-alkyl or cyclic N) is 1. The summed E-state index contributed by atoms with van der Waals surface area (Å²) in [5, 5.41) is 103. The molecule has 0 aromatic heterocycles. The zero-order valence-corrected chi connectivity index (χ0v) is 70.5. The first kappa shape index (κ1) is 96.7. The Morgan fingerprint density at radius 1 is 0.628 bits per heavy atom. The fraction of sp³-hybridized carbons (Fsp3) is 0.554. The molecule has 9 rings (SSSR count). The average molecular weight is 1720 g/mol. The van der Waals surface area contributed by atoms with Gasteiger partial charge in [-0.25, -0.2) is 9.59 Å². The van der Waals surface area contributed by atoms with Crippen molar-refractivity contribution >= 4 is 81.8 Å². The van der Waals surface area contributed by atoms with Crippen LogP contribution >= 0.6 is 11.2 Å². The maximum Gasteiger partial charge on any atom is 0.514 e. The van der Waals surface area contributed by atoms with Gasteiger partial charge in [-0.2, -0.15) is 0 Å². The van der Waals surface area contributed by atoms with Crippen LogP contribution in [0.4, 0.5) is 26.7 Å². The van der Waals surface area contributed by atoms with Gasteiger partial charge in [0, 0.05) is 125 Å². The molecular weight excluding hydrogens is 1600 g/mol. The maximum absolute atomic E-state index is 15.4. The first-order chi connectivity index (χ1) is 57.4. The maximum atomic E-state index is 15.4. The van der Waals surface area contributed by atoms with Crippen molar-refractivity contribution in [3.63, 3.8) is 0 Å². The Kier molecular flexibility index (Phi) is 35.8. The number of piperazine rings is 1. The van der Waals surface area contributed by atoms with Crippen molar-refractivity contribution in [2.45, 2.75) is 191 Å². The molecule has 16 N–H and O–H groups in total. The lowest BCUT2D eigenvalue weighted by Gasteiger charge is -2.37. The Labute approximate surface area is 705 Å². The summed E-state index contributed by atoms with van der Waals surface area (Å²) in [6.45, 7) is 25.1. The van der Waals surface area contributed by atoms with Crippen molar-refractivity contribution in [1.29, 1.82) is 0 Å². The Hall–Kier alpha value is -9.78. The normalized spacial score (nSPS) is 24.5. The van der Waals surface area contributed by atoms with E-state index in [1.807, 2.05) is 0 Å². The summed E-state index contributed by atoms with van der Waals surface area (Å²) in [6, 6.07) is 14.1. The third kappa shape index (κ3) is 26.6. The Bertz CT molecular complexity index is 4120. The minimum absolute atomic E-state index is 0.0345. The summed E-state index contributed by atoms with van der Waals surface area (Å²) in [4.78, 5) is 142. The summed E-state index contributed by atoms with van der Waals surface area (Å²) in [7, 11) is 0. The molecule has 668 valence electrons. The highest BCUT2D eigenvalue weighted by atomic mass is 32.3. The van der Waals surface area contributed by atoms with Crippen LogP contribution in [-0.2, 0) is 49.4 Å². The van der Waals surface area contributed by atoms with E-state index in [9.17, 15) is 88.1 Å². The van der Waals surface area contributed by atoms with Crippen molar-refractivity contribution < 1.29 is 121 Å². The Morgan fingerprint density at radius 2 is 1.17 bits per heavy atom. The number of benzene rings is 4. The van der Waals surface area contributed by atoms with Gasteiger partial charge in [-0.1, -0.05) is 69.5 Å². The van der Waals surface area contributed by atoms with Crippen LogP contribution in [0.15, 0.2) is 116 Å². The summed E-state index contributed by atoms with van der Waals surface area (Å²) >= 11 is -4.92. The third-order valence-electron chi connectivity index (χ3n) is 21.7. The number of nitrogens with one attached hydrogen (secondary N) is 5. The number of fused-ring (bicyclic) bond motifs is 2. The van der Waals surface area contributed by atoms with Crippen LogP contribution in [-0.4, -0.2) is 329 Å². The predicted molar refractivity (Wildman–Crippen MR) is 448 cm³/mol. The fourth-order valence-electron chi connectivity index (χ4n) is 15.5. The number of carbonyl (C=O) groups excluding carboxylic acids is 9. The van der Waals surface area contributed by atoms with E-state index in [1.54, 1.807) is 12.1 Å². The van der Waals surface area contributed by atoms with Gasteiger partial charge in [0.1, 0.15) is 49.5 Å². The van der Waals surface area contributed by atoms with Crippen LogP contribution in [0.2, 0.25) is 0 Å². The first-order valence-corrected chi connectivity index (χ1v) is 42.0. The number of aliphatic hydroxyl groups is 8. The molecule has 15 atom stereocenters. The minimum Gasteiger partial charge on any atom is -0.445 e. The quantitative estimate of drug-likeness (QED) is 0.0230. The summed E-state index contributed by atoms with van der Waals surface area (Å²) in [5.41, 5.74) is 5.00. The largest absolute Gasteiger partial charge is 0.514 e. The molecule has 4 aromatic rings. The number of morpholine rings is 1. The van der Waals surface area contributed by atoms with Gasteiger partial charge in [-0.15, -0.1) is 0 Å². The van der Waals surface area contributed by atoms with Crippen LogP contribution in [0.1, 0.15) is 97.5 Å². The lowest BCUT2D eigenvalue weighted by Crippen LogP contribution is -2.64. The zero-order chi connectivity index (χ0) is 88.9. The standard InChI is InChI=1S/C75H101N11O25S.C8H19N/c1-7-29-107-74(102)84(53(40-87)41-88)24-23-58(92)64-73(101)86-36-42(3)66(94)65(86)71(99)76-35-54(90)33-56(77-67(95)49-14-20-51(21-15-49)82-27-25-81(26-28-82)50-16-10-47(11-17-50)48-12-18-52(19-13-48)83-37-43(4)109-44(5)38-83)68(96)78-62(45(6)89)72(100)85-39-55(91)34-57(85)69(97)79-63(70(98)80-64)59(93)31-46-9-22-60(110-75(103)108-30-8-2)61(32-46)111-112(104,105)106;1-6-9(7(2)3)8(4)5/h7-22,32,42-45,53-59,62-66,87-94,104-106H,1-2,23-31,33-41H2,3-6H3,(H,76,99)(H,77,95)(H,78,96)(H,79,97)(H,80,98);7-8H,6H2,1-5H3/t42-,43-,44+,45+,54+,55+,56-,57-,58+,59+,62-,63-,64-,65-,66-;/m0./s1. The molecular formula is C83H120N12O25S. The number of aliphatic hydroxyl groups excluding tert-OH is 8. The molecule has 5 aliphatic heterocycles. The van der Waals surface area contributed by atoms with Gasteiger partial charge in [-0.05, 0) is 139 Å². The number of hydrogen-bond acceptors (Lipinski definition) is 29. The number of carbonyl (C=O) groups is 9. The molecule has 8 amide bonds. The van der Waals surface area contributed by atoms with Crippen molar-refractivity contribution in [2.24, 2.45) is 5.92 Å². The molecule has 5 heterocycles. The number of amides is 8. The third-order valence-corrected chi connectivity index (χ3v) is 22.1. The number of ether oxygens (including phenoxy) is 4. The molecule has 4 aromatic carbocycles. The Balaban J connectivity index is 0.00000191. The van der Waals surface area contributed by atoms with Crippen molar-refractivity contribution in [1.82, 2.24) is 46.2 Å². The lowest BCUT2D eigenvalue weighted by molar-refractivity contribution is -0.147. The van der Waals surface area contributed by atoms with E-state index in [-0.39, 0.29) is 36.5 Å². The van der Waals surface area contributed by atoms with Gasteiger partial charge in [0.25, 0.3) is 17.1 Å². The van der Waals surface area contributed by atoms with E-state index in [4.69, 9.17) is 23.1 Å². The Morgan fingerprint density at radius 3 is 1.69 bits per heavy atom. The molecule has 0 spiro atoms. The summed E-state index contributed by atoms with van der Waals surface area (Å²) in [6.07, 6.45) is -14.1. The molecule has 37 nitrogen and oxygen atoms in total. The summed E-state index contributed by atoms with van der Waals surface area (Å²) < 4.78 is 55.7. The average Bonchev–Trinajstić information content (AvgIpc) is 1.63. The predicted octanol–water partition coefficient (Wildman–Crippen LogP) is 1.95. The molecule has 5 aliphatic rings. The van der Waals surface area contributed by atoms with Crippen LogP contribution in [0.3, 0.4) is 0 Å². The molecule has 0 bridgehead atoms. The summed E-state index contributed by atoms with van der Waals surface area (Å²) in [5.74, 6) is -11.0. The van der Waals surface area contributed by atoms with Crippen LogP contribution in [0.25, 0.3) is 11.1 Å². The van der Waals surface area contributed by atoms with Gasteiger partial charge in [0.15, 0.2) is 11.5 Å². The second-order valence-corrected chi connectivity index (χ2v) is 32.5. The number of nitrogens with zero attached hydrogens (tertiary/aromatic N) is 7. The van der Waals surface area contributed by atoms with Gasteiger partial charge in [0.2, 0.25) is 35.4 Å². The molecule has 0 radical (unpaired) electrons. The van der Waals surface area contributed by atoms with Gasteiger partial charge in [0.05, 0.1) is 68.1 Å². The van der Waals surface area contributed by atoms with Gasteiger partial charge >= 0.3 is 12.2 Å². The molecule has 0 saturated carbocycles. The molecule has 5 saturated heterocycles.